The van der Waals surface area contributed by atoms with Crippen LogP contribution in [0, 0.1) is 5.82 Å². The van der Waals surface area contributed by atoms with Gasteiger partial charge in [-0.3, -0.25) is 14.5 Å². The van der Waals surface area contributed by atoms with Crippen molar-refractivity contribution in [2.75, 3.05) is 12.0 Å². The van der Waals surface area contributed by atoms with Crippen LogP contribution in [0.2, 0.25) is 10.0 Å². The van der Waals surface area contributed by atoms with E-state index in [-0.39, 0.29) is 16.2 Å². The van der Waals surface area contributed by atoms with E-state index in [0.29, 0.717) is 22.0 Å². The lowest BCUT2D eigenvalue weighted by Crippen LogP contribution is -2.29. The minimum Gasteiger partial charge on any atom is -0.507 e. The van der Waals surface area contributed by atoms with E-state index in [2.05, 4.69) is 0 Å². The Morgan fingerprint density at radius 3 is 2.25 bits per heavy atom. The largest absolute Gasteiger partial charge is 0.507 e. The number of ether oxygens (including phenoxy) is 1. The molecule has 3 aromatic rings. The van der Waals surface area contributed by atoms with E-state index in [1.165, 1.54) is 48.4 Å². The monoisotopic (exact) mass is 471 g/mol. The van der Waals surface area contributed by atoms with Gasteiger partial charge in [0.05, 0.1) is 23.7 Å². The lowest BCUT2D eigenvalue weighted by molar-refractivity contribution is -0.132. The number of Topliss-reactive ketones (excluding diaryl/α,β-unsaturated/α-hetero) is 1. The second-order valence-electron chi connectivity index (χ2n) is 7.05. The lowest BCUT2D eigenvalue weighted by Gasteiger charge is -2.25. The Morgan fingerprint density at radius 1 is 1.00 bits per heavy atom. The average molecular weight is 472 g/mol. The zero-order chi connectivity index (χ0) is 23.0. The Labute approximate surface area is 193 Å². The van der Waals surface area contributed by atoms with Gasteiger partial charge in [0.15, 0.2) is 0 Å². The maximum Gasteiger partial charge on any atom is 0.300 e. The lowest BCUT2D eigenvalue weighted by atomic mass is 9.95. The van der Waals surface area contributed by atoms with Crippen molar-refractivity contribution in [1.29, 1.82) is 0 Å². The van der Waals surface area contributed by atoms with Crippen LogP contribution in [0.15, 0.2) is 72.3 Å². The summed E-state index contributed by atoms with van der Waals surface area (Å²) in [6.45, 7) is 0. The van der Waals surface area contributed by atoms with Crippen molar-refractivity contribution in [2.45, 2.75) is 6.04 Å². The highest BCUT2D eigenvalue weighted by molar-refractivity contribution is 6.51. The van der Waals surface area contributed by atoms with Crippen LogP contribution in [0.5, 0.6) is 5.75 Å². The maximum atomic E-state index is 13.5. The fourth-order valence-electron chi connectivity index (χ4n) is 3.63. The number of benzene rings is 3. The molecule has 0 spiro atoms. The summed E-state index contributed by atoms with van der Waals surface area (Å²) in [6, 6.07) is 15.3. The van der Waals surface area contributed by atoms with Gasteiger partial charge in [-0.15, -0.1) is 0 Å². The second-order valence-corrected chi connectivity index (χ2v) is 7.89. The van der Waals surface area contributed by atoms with Crippen LogP contribution in [-0.4, -0.2) is 23.9 Å². The number of anilines is 1. The normalized spacial score (nSPS) is 17.6. The molecule has 1 unspecified atom stereocenters. The number of aliphatic hydroxyl groups excluding tert-OH is 1. The van der Waals surface area contributed by atoms with Gasteiger partial charge < -0.3 is 9.84 Å². The molecule has 0 radical (unpaired) electrons. The molecule has 1 aliphatic heterocycles. The topological polar surface area (TPSA) is 66.8 Å². The van der Waals surface area contributed by atoms with E-state index in [1.54, 1.807) is 30.3 Å². The van der Waals surface area contributed by atoms with Crippen LogP contribution in [-0.2, 0) is 9.59 Å². The van der Waals surface area contributed by atoms with Crippen molar-refractivity contribution < 1.29 is 23.8 Å². The summed E-state index contributed by atoms with van der Waals surface area (Å²) < 4.78 is 18.6. The van der Waals surface area contributed by atoms with Crippen LogP contribution >= 0.6 is 23.2 Å². The van der Waals surface area contributed by atoms with Crippen molar-refractivity contribution in [1.82, 2.24) is 0 Å². The Bertz CT molecular complexity index is 1240. The number of halogens is 3. The molecule has 0 saturated carbocycles. The molecule has 1 saturated heterocycles. The van der Waals surface area contributed by atoms with Crippen LogP contribution in [0.3, 0.4) is 0 Å². The first-order valence-corrected chi connectivity index (χ1v) is 10.2. The van der Waals surface area contributed by atoms with Gasteiger partial charge in [-0.05, 0) is 60.2 Å². The van der Waals surface area contributed by atoms with E-state index in [9.17, 15) is 19.1 Å². The number of carbonyl (C=O) groups excluding carboxylic acids is 2. The zero-order valence-electron chi connectivity index (χ0n) is 16.7. The Balaban J connectivity index is 1.93. The van der Waals surface area contributed by atoms with Crippen molar-refractivity contribution in [3.8, 4) is 5.75 Å². The van der Waals surface area contributed by atoms with Crippen molar-refractivity contribution in [3.63, 3.8) is 0 Å². The smallest absolute Gasteiger partial charge is 0.300 e. The van der Waals surface area contributed by atoms with E-state index in [0.717, 1.165) is 0 Å². The van der Waals surface area contributed by atoms with Crippen LogP contribution < -0.4 is 9.64 Å². The molecule has 1 fully saturated rings. The van der Waals surface area contributed by atoms with E-state index >= 15 is 0 Å². The number of ketones is 1. The third kappa shape index (κ3) is 3.83. The summed E-state index contributed by atoms with van der Waals surface area (Å²) in [6.07, 6.45) is 0. The molecule has 8 heteroatoms. The summed E-state index contributed by atoms with van der Waals surface area (Å²) in [4.78, 5) is 27.3. The number of aliphatic hydroxyl groups is 1. The van der Waals surface area contributed by atoms with Crippen molar-refractivity contribution >= 4 is 46.3 Å². The fourth-order valence-corrected chi connectivity index (χ4v) is 4.01. The molecule has 1 aliphatic rings. The molecule has 0 aliphatic carbocycles. The molecule has 0 bridgehead atoms. The molecule has 32 heavy (non-hydrogen) atoms. The highest BCUT2D eigenvalue weighted by Crippen LogP contribution is 2.43. The highest BCUT2D eigenvalue weighted by Gasteiger charge is 2.47. The number of methoxy groups -OCH3 is 1. The van der Waals surface area contributed by atoms with E-state index < -0.39 is 29.3 Å². The van der Waals surface area contributed by atoms with Gasteiger partial charge in [0, 0.05) is 16.3 Å². The minimum atomic E-state index is -0.960. The molecule has 1 atom stereocenters. The van der Waals surface area contributed by atoms with Crippen molar-refractivity contribution in [3.05, 3.63) is 99.3 Å². The van der Waals surface area contributed by atoms with E-state index in [4.69, 9.17) is 27.9 Å². The van der Waals surface area contributed by atoms with Gasteiger partial charge in [-0.2, -0.15) is 0 Å². The first kappa shape index (κ1) is 21.9. The molecule has 0 aromatic heterocycles. The van der Waals surface area contributed by atoms with Gasteiger partial charge in [0.1, 0.15) is 17.3 Å². The first-order valence-electron chi connectivity index (χ1n) is 9.47. The van der Waals surface area contributed by atoms with Gasteiger partial charge >= 0.3 is 0 Å². The summed E-state index contributed by atoms with van der Waals surface area (Å²) >= 11 is 12.2. The molecule has 162 valence electrons. The molecule has 3 aromatic carbocycles. The zero-order valence-corrected chi connectivity index (χ0v) is 18.2. The van der Waals surface area contributed by atoms with Crippen LogP contribution in [0.25, 0.3) is 5.76 Å². The minimum absolute atomic E-state index is 0.122. The summed E-state index contributed by atoms with van der Waals surface area (Å²) in [5.41, 5.74) is 0.967. The predicted molar refractivity (Wildman–Crippen MR) is 121 cm³/mol. The number of carbonyl (C=O) groups is 2. The number of hydrogen-bond acceptors (Lipinski definition) is 4. The third-order valence-corrected chi connectivity index (χ3v) is 5.71. The molecule has 1 heterocycles. The predicted octanol–water partition coefficient (Wildman–Crippen LogP) is 5.77. The second kappa shape index (κ2) is 8.65. The number of rotatable bonds is 4. The molecule has 1 amide bonds. The maximum absolute atomic E-state index is 13.5. The summed E-state index contributed by atoms with van der Waals surface area (Å²) in [7, 11) is 1.45. The number of hydrogen-bond donors (Lipinski definition) is 1. The molecule has 1 N–H and O–H groups in total. The summed E-state index contributed by atoms with van der Waals surface area (Å²) in [5.74, 6) is -2.21. The highest BCUT2D eigenvalue weighted by atomic mass is 35.5. The molecular weight excluding hydrogens is 456 g/mol. The quantitative estimate of drug-likeness (QED) is 0.298. The number of amides is 1. The SMILES string of the molecule is COc1ccc(/C(O)=C2/C(=O)C(=O)N(c3ccc(F)cc3)C2c2ccc(Cl)cc2)cc1Cl. The standard InChI is InChI=1S/C24H16Cl2FNO4/c1-32-19-11-4-14(12-18(19)26)22(29)20-21(13-2-5-15(25)6-3-13)28(24(31)23(20)30)17-9-7-16(27)8-10-17/h2-12,21,29H,1H3/b22-20-. The molecular formula is C24H16Cl2FNO4. The van der Waals surface area contributed by atoms with Gasteiger partial charge in [0.2, 0.25) is 0 Å². The molecule has 4 rings (SSSR count). The summed E-state index contributed by atoms with van der Waals surface area (Å²) in [5, 5.41) is 11.8. The average Bonchev–Trinajstić information content (AvgIpc) is 3.05. The number of nitrogens with zero attached hydrogens (tertiary/aromatic N) is 1. The third-order valence-electron chi connectivity index (χ3n) is 5.16. The van der Waals surface area contributed by atoms with Crippen LogP contribution in [0.1, 0.15) is 17.2 Å². The van der Waals surface area contributed by atoms with E-state index in [1.807, 2.05) is 0 Å². The van der Waals surface area contributed by atoms with Gasteiger partial charge in [-0.25, -0.2) is 4.39 Å². The van der Waals surface area contributed by atoms with Gasteiger partial charge in [0.25, 0.3) is 11.7 Å². The fraction of sp³-hybridized carbons (Fsp3) is 0.0833. The first-order chi connectivity index (χ1) is 15.3. The van der Waals surface area contributed by atoms with Crippen LogP contribution in [0.4, 0.5) is 10.1 Å². The molecule has 5 nitrogen and oxygen atoms in total. The Morgan fingerprint density at radius 2 is 1.66 bits per heavy atom. The Hall–Kier alpha value is -3.35. The van der Waals surface area contributed by atoms with Crippen molar-refractivity contribution in [2.24, 2.45) is 0 Å². The van der Waals surface area contributed by atoms with Gasteiger partial charge in [-0.1, -0.05) is 35.3 Å². The Kier molecular flexibility index (Phi) is 5.91.